The molecule has 0 saturated heterocycles. The van der Waals surface area contributed by atoms with Crippen molar-refractivity contribution in [3.63, 3.8) is 0 Å². The van der Waals surface area contributed by atoms with Gasteiger partial charge < -0.3 is 15.0 Å². The molecule has 6 heteroatoms. The molecule has 0 unspecified atom stereocenters. The maximum Gasteiger partial charge on any atom is 0.247 e. The van der Waals surface area contributed by atoms with Crippen LogP contribution < -0.4 is 10.1 Å². The average molecular weight is 477 g/mol. The number of hydrogen-bond donors (Lipinski definition) is 1. The number of rotatable bonds is 10. The van der Waals surface area contributed by atoms with Crippen LogP contribution in [0.3, 0.4) is 0 Å². The smallest absolute Gasteiger partial charge is 0.247 e. The van der Waals surface area contributed by atoms with Crippen molar-refractivity contribution in [1.29, 1.82) is 0 Å². The van der Waals surface area contributed by atoms with Crippen LogP contribution in [0.1, 0.15) is 47.7 Å². The van der Waals surface area contributed by atoms with E-state index in [1.54, 1.807) is 23.3 Å². The Balaban J connectivity index is 1.66. The summed E-state index contributed by atoms with van der Waals surface area (Å²) in [5, 5.41) is 5.21. The van der Waals surface area contributed by atoms with Crippen LogP contribution in [0.2, 0.25) is 0 Å². The topological polar surface area (TPSA) is 58.6 Å². The highest BCUT2D eigenvalue weighted by atomic mass is 32.1. The zero-order valence-electron chi connectivity index (χ0n) is 19.6. The molecule has 1 N–H and O–H groups in total. The highest BCUT2D eigenvalue weighted by Gasteiger charge is 2.33. The molecule has 1 fully saturated rings. The number of ether oxygens (including phenoxy) is 1. The molecule has 34 heavy (non-hydrogen) atoms. The first-order valence-corrected chi connectivity index (χ1v) is 12.8. The first-order valence-electron chi connectivity index (χ1n) is 11.9. The van der Waals surface area contributed by atoms with Crippen molar-refractivity contribution in [2.75, 3.05) is 13.7 Å². The van der Waals surface area contributed by atoms with Gasteiger partial charge in [0, 0.05) is 17.5 Å². The molecule has 0 aliphatic heterocycles. The van der Waals surface area contributed by atoms with Crippen LogP contribution in [-0.4, -0.2) is 36.4 Å². The third-order valence-electron chi connectivity index (χ3n) is 6.38. The number of amides is 2. The number of carbonyl (C=O) groups excluding carboxylic acids is 2. The molecule has 3 aromatic rings. The number of nitrogens with one attached hydrogen (secondary N) is 1. The lowest BCUT2D eigenvalue weighted by Gasteiger charge is -2.32. The molecule has 1 atom stereocenters. The van der Waals surface area contributed by atoms with Gasteiger partial charge in [-0.1, -0.05) is 61.4 Å². The number of carbonyl (C=O) groups is 2. The predicted molar refractivity (Wildman–Crippen MR) is 136 cm³/mol. The minimum atomic E-state index is -0.716. The maximum absolute atomic E-state index is 13.7. The molecule has 0 bridgehead atoms. The lowest BCUT2D eigenvalue weighted by atomic mass is 10.0. The van der Waals surface area contributed by atoms with Crippen LogP contribution in [0.4, 0.5) is 0 Å². The zero-order chi connectivity index (χ0) is 23.8. The molecule has 1 aromatic heterocycles. The minimum absolute atomic E-state index is 0.0484. The normalized spacial score (nSPS) is 14.5. The van der Waals surface area contributed by atoms with Crippen molar-refractivity contribution in [1.82, 2.24) is 10.2 Å². The van der Waals surface area contributed by atoms with E-state index >= 15 is 0 Å². The van der Waals surface area contributed by atoms with Crippen molar-refractivity contribution in [3.05, 3.63) is 88.1 Å². The number of thiophene rings is 1. The zero-order valence-corrected chi connectivity index (χ0v) is 20.4. The molecule has 5 nitrogen and oxygen atoms in total. The van der Waals surface area contributed by atoms with Gasteiger partial charge in [-0.3, -0.25) is 9.59 Å². The minimum Gasteiger partial charge on any atom is -0.497 e. The van der Waals surface area contributed by atoms with Gasteiger partial charge in [-0.2, -0.15) is 0 Å². The first kappa shape index (κ1) is 24.0. The molecule has 1 heterocycles. The number of benzene rings is 2. The van der Waals surface area contributed by atoms with Crippen molar-refractivity contribution in [2.45, 2.75) is 50.6 Å². The summed E-state index contributed by atoms with van der Waals surface area (Å²) in [7, 11) is 1.61. The number of hydrogen-bond acceptors (Lipinski definition) is 4. The third-order valence-corrected chi connectivity index (χ3v) is 7.26. The standard InChI is InChI=1S/C28H32N2O3S/c1-33-24-14-7-11-22(19-24)27(28(32)29-23-12-5-6-13-23)30(17-16-21-9-3-2-4-10-21)26(31)20-25-15-8-18-34-25/h2-4,7-11,14-15,18-19,23,27H,5-6,12-13,16-17,20H2,1H3,(H,29,32)/t27-/m0/s1. The van der Waals surface area contributed by atoms with Gasteiger partial charge in [0.25, 0.3) is 0 Å². The Hall–Kier alpha value is -3.12. The fourth-order valence-corrected chi connectivity index (χ4v) is 5.29. The fourth-order valence-electron chi connectivity index (χ4n) is 4.59. The van der Waals surface area contributed by atoms with Crippen LogP contribution in [-0.2, 0) is 22.4 Å². The van der Waals surface area contributed by atoms with Gasteiger partial charge in [-0.05, 0) is 54.0 Å². The Bertz CT molecular complexity index is 1060. The number of methoxy groups -OCH3 is 1. The van der Waals surface area contributed by atoms with Crippen molar-refractivity contribution >= 4 is 23.2 Å². The highest BCUT2D eigenvalue weighted by molar-refractivity contribution is 7.10. The number of nitrogens with zero attached hydrogens (tertiary/aromatic N) is 1. The van der Waals surface area contributed by atoms with Gasteiger partial charge >= 0.3 is 0 Å². The summed E-state index contributed by atoms with van der Waals surface area (Å²) in [6, 6.07) is 21.0. The summed E-state index contributed by atoms with van der Waals surface area (Å²) in [6.45, 7) is 0.453. The second kappa shape index (κ2) is 11.8. The molecule has 0 radical (unpaired) electrons. The Labute approximate surface area is 205 Å². The lowest BCUT2D eigenvalue weighted by molar-refractivity contribution is -0.140. The Morgan fingerprint density at radius 3 is 2.56 bits per heavy atom. The van der Waals surface area contributed by atoms with E-state index in [4.69, 9.17) is 4.74 Å². The largest absolute Gasteiger partial charge is 0.497 e. The van der Waals surface area contributed by atoms with Crippen molar-refractivity contribution in [2.24, 2.45) is 0 Å². The van der Waals surface area contributed by atoms with Gasteiger partial charge in [0.2, 0.25) is 11.8 Å². The molecule has 4 rings (SSSR count). The first-order chi connectivity index (χ1) is 16.6. The van der Waals surface area contributed by atoms with E-state index in [1.807, 2.05) is 60.0 Å². The second-order valence-corrected chi connectivity index (χ2v) is 9.78. The van der Waals surface area contributed by atoms with Crippen LogP contribution >= 0.6 is 11.3 Å². The van der Waals surface area contributed by atoms with Gasteiger partial charge in [0.15, 0.2) is 0 Å². The summed E-state index contributed by atoms with van der Waals surface area (Å²) in [5.74, 6) is 0.505. The van der Waals surface area contributed by atoms with E-state index < -0.39 is 6.04 Å². The van der Waals surface area contributed by atoms with Gasteiger partial charge in [-0.25, -0.2) is 0 Å². The molecule has 178 valence electrons. The highest BCUT2D eigenvalue weighted by Crippen LogP contribution is 2.28. The van der Waals surface area contributed by atoms with Crippen LogP contribution in [0.5, 0.6) is 5.75 Å². The second-order valence-electron chi connectivity index (χ2n) is 8.75. The van der Waals surface area contributed by atoms with Crippen molar-refractivity contribution < 1.29 is 14.3 Å². The van der Waals surface area contributed by atoms with E-state index in [1.165, 1.54) is 0 Å². The Morgan fingerprint density at radius 1 is 1.06 bits per heavy atom. The van der Waals surface area contributed by atoms with Crippen molar-refractivity contribution in [3.8, 4) is 5.75 Å². The fraction of sp³-hybridized carbons (Fsp3) is 0.357. The molecule has 2 amide bonds. The third kappa shape index (κ3) is 6.26. The van der Waals surface area contributed by atoms with Crippen LogP contribution in [0.25, 0.3) is 0 Å². The molecule has 2 aromatic carbocycles. The van der Waals surface area contributed by atoms with Crippen LogP contribution in [0.15, 0.2) is 72.1 Å². The molecule has 1 aliphatic rings. The predicted octanol–water partition coefficient (Wildman–Crippen LogP) is 5.17. The van der Waals surface area contributed by atoms with E-state index in [2.05, 4.69) is 17.4 Å². The van der Waals surface area contributed by atoms with Crippen LogP contribution in [0, 0.1) is 0 Å². The van der Waals surface area contributed by atoms with Gasteiger partial charge in [0.1, 0.15) is 11.8 Å². The maximum atomic E-state index is 13.7. The van der Waals surface area contributed by atoms with Gasteiger partial charge in [-0.15, -0.1) is 11.3 Å². The summed E-state index contributed by atoms with van der Waals surface area (Å²) >= 11 is 1.56. The summed E-state index contributed by atoms with van der Waals surface area (Å²) in [4.78, 5) is 30.1. The summed E-state index contributed by atoms with van der Waals surface area (Å²) in [6.07, 6.45) is 5.19. The van der Waals surface area contributed by atoms with E-state index in [9.17, 15) is 9.59 Å². The lowest BCUT2D eigenvalue weighted by Crippen LogP contribution is -2.47. The van der Waals surface area contributed by atoms with Gasteiger partial charge in [0.05, 0.1) is 13.5 Å². The molecule has 1 saturated carbocycles. The average Bonchev–Trinajstić information content (AvgIpc) is 3.56. The van der Waals surface area contributed by atoms with E-state index in [0.717, 1.165) is 41.7 Å². The summed E-state index contributed by atoms with van der Waals surface area (Å²) in [5.41, 5.74) is 1.90. The van der Waals surface area contributed by atoms with E-state index in [-0.39, 0.29) is 24.3 Å². The molecule has 0 spiro atoms. The molecular weight excluding hydrogens is 444 g/mol. The molecular formula is C28H32N2O3S. The molecule has 1 aliphatic carbocycles. The Morgan fingerprint density at radius 2 is 1.85 bits per heavy atom. The van der Waals surface area contributed by atoms with E-state index in [0.29, 0.717) is 18.7 Å². The SMILES string of the molecule is COc1cccc([C@@H](C(=O)NC2CCCC2)N(CCc2ccccc2)C(=O)Cc2cccs2)c1. The summed E-state index contributed by atoms with van der Waals surface area (Å²) < 4.78 is 5.44. The monoisotopic (exact) mass is 476 g/mol. The Kier molecular flexibility index (Phi) is 8.36. The quantitative estimate of drug-likeness (QED) is 0.439.